The number of rotatable bonds is 1. The first kappa shape index (κ1) is 10.2. The summed E-state index contributed by atoms with van der Waals surface area (Å²) in [6.07, 6.45) is 2.63. The van der Waals surface area contributed by atoms with Gasteiger partial charge in [0.15, 0.2) is 0 Å². The van der Waals surface area contributed by atoms with Gasteiger partial charge in [-0.15, -0.1) is 0 Å². The van der Waals surface area contributed by atoms with E-state index >= 15 is 0 Å². The van der Waals surface area contributed by atoms with Gasteiger partial charge in [0.25, 0.3) is 5.91 Å². The smallest absolute Gasteiger partial charge is 0.291 e. The molecule has 2 bridgehead atoms. The summed E-state index contributed by atoms with van der Waals surface area (Å²) >= 11 is 5.89. The number of hydrogen-bond donors (Lipinski definition) is 1. The second-order valence-corrected chi connectivity index (χ2v) is 4.92. The highest BCUT2D eigenvalue weighted by atomic mass is 35.5. The van der Waals surface area contributed by atoms with E-state index in [2.05, 4.69) is 5.32 Å². The van der Waals surface area contributed by atoms with Gasteiger partial charge >= 0.3 is 0 Å². The Hall–Kier alpha value is -1.00. The molecular weight excluding hydrogens is 228 g/mol. The molecule has 1 aromatic heterocycles. The van der Waals surface area contributed by atoms with E-state index in [9.17, 15) is 4.79 Å². The molecule has 0 aliphatic carbocycles. The fourth-order valence-corrected chi connectivity index (χ4v) is 2.77. The summed E-state index contributed by atoms with van der Waals surface area (Å²) < 4.78 is 5.13. The average Bonchev–Trinajstić information content (AvgIpc) is 2.84. The summed E-state index contributed by atoms with van der Waals surface area (Å²) in [4.78, 5) is 14.0. The molecule has 0 radical (unpaired) electrons. The van der Waals surface area contributed by atoms with Crippen LogP contribution in [0.1, 0.15) is 17.0 Å². The lowest BCUT2D eigenvalue weighted by atomic mass is 10.00. The summed E-state index contributed by atoms with van der Waals surface area (Å²) in [5, 5.41) is 3.80. The molecule has 2 saturated heterocycles. The number of likely N-dealkylation sites (tertiary alicyclic amines) is 1. The number of carbonyl (C=O) groups excluding carboxylic acids is 1. The third-order valence-corrected chi connectivity index (χ3v) is 3.63. The van der Waals surface area contributed by atoms with E-state index in [-0.39, 0.29) is 11.7 Å². The number of amides is 1. The van der Waals surface area contributed by atoms with Crippen LogP contribution in [0, 0.1) is 5.92 Å². The van der Waals surface area contributed by atoms with Gasteiger partial charge < -0.3 is 14.6 Å². The Morgan fingerprint density at radius 2 is 2.44 bits per heavy atom. The van der Waals surface area contributed by atoms with E-state index in [1.807, 2.05) is 4.90 Å². The summed E-state index contributed by atoms with van der Waals surface area (Å²) in [6.45, 7) is 2.58. The first-order valence-corrected chi connectivity index (χ1v) is 5.87. The van der Waals surface area contributed by atoms with Gasteiger partial charge in [-0.05, 0) is 18.4 Å². The number of carbonyl (C=O) groups is 1. The molecule has 5 heteroatoms. The van der Waals surface area contributed by atoms with Crippen molar-refractivity contribution < 1.29 is 9.21 Å². The molecule has 0 aromatic carbocycles. The van der Waals surface area contributed by atoms with Crippen molar-refractivity contribution in [2.24, 2.45) is 5.92 Å². The third kappa shape index (κ3) is 1.62. The highest BCUT2D eigenvalue weighted by Crippen LogP contribution is 2.25. The number of nitrogens with zero attached hydrogens (tertiary/aromatic N) is 1. The van der Waals surface area contributed by atoms with Crippen molar-refractivity contribution in [3.8, 4) is 0 Å². The zero-order chi connectivity index (χ0) is 11.1. The quantitative estimate of drug-likeness (QED) is 0.807. The maximum absolute atomic E-state index is 12.1. The normalized spacial score (nSPS) is 28.4. The van der Waals surface area contributed by atoms with Crippen LogP contribution in [-0.4, -0.2) is 36.5 Å². The van der Waals surface area contributed by atoms with Gasteiger partial charge in [0.05, 0.1) is 11.3 Å². The van der Waals surface area contributed by atoms with E-state index in [4.69, 9.17) is 16.0 Å². The summed E-state index contributed by atoms with van der Waals surface area (Å²) in [7, 11) is 0. The number of piperidine rings is 1. The first-order valence-electron chi connectivity index (χ1n) is 5.49. The minimum Gasteiger partial charge on any atom is -0.458 e. The SMILES string of the molecule is O=C(c1occc1Cl)N1CC2CNC(C2)C1. The van der Waals surface area contributed by atoms with Crippen molar-refractivity contribution in [1.82, 2.24) is 10.2 Å². The number of nitrogens with one attached hydrogen (secondary N) is 1. The van der Waals surface area contributed by atoms with Crippen molar-refractivity contribution in [3.05, 3.63) is 23.1 Å². The molecule has 86 valence electrons. The van der Waals surface area contributed by atoms with Crippen LogP contribution in [0.15, 0.2) is 16.7 Å². The van der Waals surface area contributed by atoms with Gasteiger partial charge in [-0.25, -0.2) is 0 Å². The molecule has 3 rings (SSSR count). The lowest BCUT2D eigenvalue weighted by molar-refractivity contribution is 0.0660. The maximum atomic E-state index is 12.1. The number of fused-ring (bicyclic) bond motifs is 2. The van der Waals surface area contributed by atoms with Crippen LogP contribution in [0.4, 0.5) is 0 Å². The fourth-order valence-electron chi connectivity index (χ4n) is 2.59. The predicted molar refractivity (Wildman–Crippen MR) is 59.5 cm³/mol. The lowest BCUT2D eigenvalue weighted by Crippen LogP contribution is -2.44. The van der Waals surface area contributed by atoms with Crippen LogP contribution in [0.2, 0.25) is 5.02 Å². The van der Waals surface area contributed by atoms with Crippen molar-refractivity contribution in [1.29, 1.82) is 0 Å². The summed E-state index contributed by atoms with van der Waals surface area (Å²) in [5.41, 5.74) is 0. The predicted octanol–water partition coefficient (Wildman–Crippen LogP) is 1.37. The zero-order valence-electron chi connectivity index (χ0n) is 8.78. The lowest BCUT2D eigenvalue weighted by Gasteiger charge is -2.30. The van der Waals surface area contributed by atoms with E-state index < -0.39 is 0 Å². The van der Waals surface area contributed by atoms with Crippen molar-refractivity contribution in [2.45, 2.75) is 12.5 Å². The molecule has 16 heavy (non-hydrogen) atoms. The molecule has 1 amide bonds. The molecule has 0 saturated carbocycles. The number of halogens is 1. The molecule has 1 aromatic rings. The molecule has 4 nitrogen and oxygen atoms in total. The Morgan fingerprint density at radius 3 is 3.12 bits per heavy atom. The standard InChI is InChI=1S/C11H13ClN2O2/c12-9-1-2-16-10(9)11(15)14-5-7-3-8(6-14)13-4-7/h1-2,7-8,13H,3-6H2. The molecule has 2 fully saturated rings. The molecule has 2 aliphatic heterocycles. The third-order valence-electron chi connectivity index (χ3n) is 3.33. The van der Waals surface area contributed by atoms with Crippen LogP contribution >= 0.6 is 11.6 Å². The number of furan rings is 1. The molecule has 2 aliphatic rings. The van der Waals surface area contributed by atoms with E-state index in [0.717, 1.165) is 19.6 Å². The topological polar surface area (TPSA) is 45.5 Å². The fraction of sp³-hybridized carbons (Fsp3) is 0.545. The van der Waals surface area contributed by atoms with Crippen LogP contribution in [0.5, 0.6) is 0 Å². The Morgan fingerprint density at radius 1 is 1.56 bits per heavy atom. The van der Waals surface area contributed by atoms with Crippen molar-refractivity contribution >= 4 is 17.5 Å². The average molecular weight is 241 g/mol. The zero-order valence-corrected chi connectivity index (χ0v) is 9.54. The van der Waals surface area contributed by atoms with E-state index in [1.54, 1.807) is 6.07 Å². The van der Waals surface area contributed by atoms with Gasteiger partial charge in [-0.3, -0.25) is 4.79 Å². The van der Waals surface area contributed by atoms with Gasteiger partial charge in [0.2, 0.25) is 5.76 Å². The molecular formula is C11H13ClN2O2. The largest absolute Gasteiger partial charge is 0.458 e. The summed E-state index contributed by atoms with van der Waals surface area (Å²) in [5.74, 6) is 0.757. The minimum absolute atomic E-state index is 0.0894. The molecule has 3 heterocycles. The molecule has 1 N–H and O–H groups in total. The van der Waals surface area contributed by atoms with E-state index in [0.29, 0.717) is 17.0 Å². The van der Waals surface area contributed by atoms with Gasteiger partial charge in [0, 0.05) is 25.7 Å². The van der Waals surface area contributed by atoms with Crippen LogP contribution in [0.25, 0.3) is 0 Å². The highest BCUT2D eigenvalue weighted by molar-refractivity contribution is 6.33. The van der Waals surface area contributed by atoms with Crippen LogP contribution < -0.4 is 5.32 Å². The molecule has 2 atom stereocenters. The van der Waals surface area contributed by atoms with Gasteiger partial charge in [-0.1, -0.05) is 11.6 Å². The Kier molecular flexibility index (Phi) is 2.41. The van der Waals surface area contributed by atoms with Gasteiger partial charge in [-0.2, -0.15) is 0 Å². The second kappa shape index (κ2) is 3.79. The van der Waals surface area contributed by atoms with Crippen LogP contribution in [-0.2, 0) is 0 Å². The van der Waals surface area contributed by atoms with Crippen LogP contribution in [0.3, 0.4) is 0 Å². The Balaban J connectivity index is 1.79. The monoisotopic (exact) mass is 240 g/mol. The highest BCUT2D eigenvalue weighted by Gasteiger charge is 2.36. The minimum atomic E-state index is -0.0894. The van der Waals surface area contributed by atoms with Crippen molar-refractivity contribution in [3.63, 3.8) is 0 Å². The van der Waals surface area contributed by atoms with Gasteiger partial charge in [0.1, 0.15) is 0 Å². The van der Waals surface area contributed by atoms with Crippen molar-refractivity contribution in [2.75, 3.05) is 19.6 Å². The Labute approximate surface area is 98.5 Å². The summed E-state index contributed by atoms with van der Waals surface area (Å²) in [6, 6.07) is 2.04. The molecule has 0 spiro atoms. The first-order chi connectivity index (χ1) is 7.74. The number of hydrogen-bond acceptors (Lipinski definition) is 3. The Bertz CT molecular complexity index is 406. The maximum Gasteiger partial charge on any atom is 0.291 e. The molecule has 2 unspecified atom stereocenters. The van der Waals surface area contributed by atoms with E-state index in [1.165, 1.54) is 12.7 Å². The second-order valence-electron chi connectivity index (χ2n) is 4.51.